The first-order valence-corrected chi connectivity index (χ1v) is 11.7. The van der Waals surface area contributed by atoms with E-state index in [2.05, 4.69) is 26.9 Å². The summed E-state index contributed by atoms with van der Waals surface area (Å²) in [7, 11) is 1.67. The van der Waals surface area contributed by atoms with Crippen LogP contribution in [0.15, 0.2) is 36.4 Å². The Labute approximate surface area is 185 Å². The summed E-state index contributed by atoms with van der Waals surface area (Å²) in [5.74, 6) is 2.18. The Hall–Kier alpha value is -2.63. The number of carbonyl (C=O) groups is 1. The number of methoxy groups -OCH3 is 1. The number of nitrogens with zero attached hydrogens (tertiary/aromatic N) is 4. The lowest BCUT2D eigenvalue weighted by Crippen LogP contribution is -2.47. The molecule has 0 atom stereocenters. The molecule has 2 aliphatic rings. The van der Waals surface area contributed by atoms with Gasteiger partial charge in [0.1, 0.15) is 5.75 Å². The third-order valence-corrected chi connectivity index (χ3v) is 6.84. The summed E-state index contributed by atoms with van der Waals surface area (Å²) in [5.41, 5.74) is 1.74. The Morgan fingerprint density at radius 3 is 2.42 bits per heavy atom. The molecule has 1 aliphatic carbocycles. The molecule has 4 rings (SSSR count). The van der Waals surface area contributed by atoms with Gasteiger partial charge in [0, 0.05) is 37.2 Å². The zero-order valence-electron chi connectivity index (χ0n) is 18.8. The molecule has 1 aromatic heterocycles. The van der Waals surface area contributed by atoms with Gasteiger partial charge < -0.3 is 14.5 Å². The van der Waals surface area contributed by atoms with Crippen LogP contribution in [0.5, 0.6) is 5.75 Å². The highest BCUT2D eigenvalue weighted by Crippen LogP contribution is 2.30. The van der Waals surface area contributed by atoms with Crippen LogP contribution in [0.2, 0.25) is 0 Å². The molecule has 6 heteroatoms. The van der Waals surface area contributed by atoms with E-state index in [1.165, 1.54) is 32.1 Å². The summed E-state index contributed by atoms with van der Waals surface area (Å²) in [5, 5.41) is 8.92. The van der Waals surface area contributed by atoms with Crippen LogP contribution in [0.4, 0.5) is 5.82 Å². The third-order valence-electron chi connectivity index (χ3n) is 6.84. The molecule has 6 nitrogen and oxygen atoms in total. The lowest BCUT2D eigenvalue weighted by Gasteiger charge is -2.38. The van der Waals surface area contributed by atoms with E-state index in [4.69, 9.17) is 4.74 Å². The Morgan fingerprint density at radius 2 is 1.77 bits per heavy atom. The second-order valence-electron chi connectivity index (χ2n) is 8.65. The van der Waals surface area contributed by atoms with Gasteiger partial charge in [-0.1, -0.05) is 31.4 Å². The molecule has 31 heavy (non-hydrogen) atoms. The molecule has 1 saturated heterocycles. The van der Waals surface area contributed by atoms with Crippen molar-refractivity contribution in [2.45, 2.75) is 57.9 Å². The standard InChI is InChI=1S/C25H34N4O2/c1-3-29(20-9-5-4-6-10-20)25(30)19-15-17-28(18-16-19)24-14-13-22(26-27-24)21-11-7-8-12-23(21)31-2/h7-8,11-14,19-20H,3-6,9-10,15-18H2,1-2H3. The smallest absolute Gasteiger partial charge is 0.226 e. The van der Waals surface area contributed by atoms with Gasteiger partial charge in [-0.15, -0.1) is 10.2 Å². The number of ether oxygens (including phenoxy) is 1. The largest absolute Gasteiger partial charge is 0.496 e. The fraction of sp³-hybridized carbons (Fsp3) is 0.560. The summed E-state index contributed by atoms with van der Waals surface area (Å²) >= 11 is 0. The number of aromatic nitrogens is 2. The number of anilines is 1. The highest BCUT2D eigenvalue weighted by molar-refractivity contribution is 5.79. The van der Waals surface area contributed by atoms with Crippen molar-refractivity contribution in [3.05, 3.63) is 36.4 Å². The van der Waals surface area contributed by atoms with Gasteiger partial charge in [0.25, 0.3) is 0 Å². The molecule has 1 aliphatic heterocycles. The molecule has 166 valence electrons. The Balaban J connectivity index is 1.36. The van der Waals surface area contributed by atoms with Crippen molar-refractivity contribution in [1.29, 1.82) is 0 Å². The van der Waals surface area contributed by atoms with E-state index in [1.54, 1.807) is 7.11 Å². The summed E-state index contributed by atoms with van der Waals surface area (Å²) in [6.07, 6.45) is 7.96. The van der Waals surface area contributed by atoms with Crippen LogP contribution < -0.4 is 9.64 Å². The first kappa shape index (κ1) is 21.6. The van der Waals surface area contributed by atoms with Crippen LogP contribution in [0.25, 0.3) is 11.3 Å². The minimum atomic E-state index is 0.138. The third kappa shape index (κ3) is 4.83. The van der Waals surface area contributed by atoms with Gasteiger partial charge in [0.15, 0.2) is 5.82 Å². The number of hydrogen-bond donors (Lipinski definition) is 0. The minimum Gasteiger partial charge on any atom is -0.496 e. The van der Waals surface area contributed by atoms with Crippen LogP contribution in [0.3, 0.4) is 0 Å². The van der Waals surface area contributed by atoms with E-state index >= 15 is 0 Å². The molecule has 0 bridgehead atoms. The predicted octanol–water partition coefficient (Wildman–Crippen LogP) is 4.55. The molecule has 0 radical (unpaired) electrons. The molecule has 0 spiro atoms. The number of piperidine rings is 1. The van der Waals surface area contributed by atoms with E-state index in [9.17, 15) is 4.79 Å². The molecular weight excluding hydrogens is 388 g/mol. The van der Waals surface area contributed by atoms with Crippen molar-refractivity contribution in [3.8, 4) is 17.0 Å². The van der Waals surface area contributed by atoms with E-state index in [0.717, 1.165) is 55.3 Å². The maximum Gasteiger partial charge on any atom is 0.226 e. The van der Waals surface area contributed by atoms with E-state index < -0.39 is 0 Å². The van der Waals surface area contributed by atoms with Crippen LogP contribution >= 0.6 is 0 Å². The van der Waals surface area contributed by atoms with Crippen LogP contribution in [0.1, 0.15) is 51.9 Å². The Kier molecular flexibility index (Phi) is 7.05. The van der Waals surface area contributed by atoms with Gasteiger partial charge in [-0.25, -0.2) is 0 Å². The molecule has 1 amide bonds. The Morgan fingerprint density at radius 1 is 1.03 bits per heavy atom. The van der Waals surface area contributed by atoms with E-state index in [-0.39, 0.29) is 5.92 Å². The highest BCUT2D eigenvalue weighted by Gasteiger charge is 2.32. The first-order chi connectivity index (χ1) is 15.2. The van der Waals surface area contributed by atoms with Gasteiger partial charge in [0.2, 0.25) is 5.91 Å². The molecule has 0 unspecified atom stereocenters. The van der Waals surface area contributed by atoms with Gasteiger partial charge in [-0.2, -0.15) is 0 Å². The van der Waals surface area contributed by atoms with Gasteiger partial charge in [-0.3, -0.25) is 4.79 Å². The van der Waals surface area contributed by atoms with Crippen molar-refractivity contribution >= 4 is 11.7 Å². The Bertz CT molecular complexity index is 856. The quantitative estimate of drug-likeness (QED) is 0.684. The monoisotopic (exact) mass is 422 g/mol. The average Bonchev–Trinajstić information content (AvgIpc) is 2.85. The van der Waals surface area contributed by atoms with Crippen LogP contribution in [0, 0.1) is 5.92 Å². The second-order valence-corrected chi connectivity index (χ2v) is 8.65. The van der Waals surface area contributed by atoms with Crippen molar-refractivity contribution in [2.75, 3.05) is 31.6 Å². The fourth-order valence-electron chi connectivity index (χ4n) is 5.07. The molecule has 2 aromatic rings. The highest BCUT2D eigenvalue weighted by atomic mass is 16.5. The maximum atomic E-state index is 13.2. The molecular formula is C25H34N4O2. The second kappa shape index (κ2) is 10.1. The molecule has 1 saturated carbocycles. The van der Waals surface area contributed by atoms with Crippen LogP contribution in [-0.4, -0.2) is 53.8 Å². The molecule has 0 N–H and O–H groups in total. The minimum absolute atomic E-state index is 0.138. The normalized spacial score (nSPS) is 18.1. The van der Waals surface area contributed by atoms with Crippen molar-refractivity contribution in [3.63, 3.8) is 0 Å². The van der Waals surface area contributed by atoms with E-state index in [0.29, 0.717) is 11.9 Å². The summed E-state index contributed by atoms with van der Waals surface area (Å²) in [6.45, 7) is 4.66. The molecule has 2 fully saturated rings. The molecule has 2 heterocycles. The lowest BCUT2D eigenvalue weighted by molar-refractivity contribution is -0.139. The molecule has 1 aromatic carbocycles. The lowest BCUT2D eigenvalue weighted by atomic mass is 9.90. The fourth-order valence-corrected chi connectivity index (χ4v) is 5.07. The topological polar surface area (TPSA) is 58.6 Å². The maximum absolute atomic E-state index is 13.2. The summed E-state index contributed by atoms with van der Waals surface area (Å²) in [6, 6.07) is 12.3. The van der Waals surface area contributed by atoms with Gasteiger partial charge in [0.05, 0.1) is 12.8 Å². The zero-order chi connectivity index (χ0) is 21.6. The number of carbonyl (C=O) groups excluding carboxylic acids is 1. The average molecular weight is 423 g/mol. The summed E-state index contributed by atoms with van der Waals surface area (Å²) in [4.78, 5) is 17.6. The van der Waals surface area contributed by atoms with E-state index in [1.807, 2.05) is 36.4 Å². The van der Waals surface area contributed by atoms with Crippen LogP contribution in [-0.2, 0) is 4.79 Å². The number of benzene rings is 1. The van der Waals surface area contributed by atoms with Crippen molar-refractivity contribution in [2.24, 2.45) is 5.92 Å². The number of hydrogen-bond acceptors (Lipinski definition) is 5. The van der Waals surface area contributed by atoms with Crippen molar-refractivity contribution < 1.29 is 9.53 Å². The predicted molar refractivity (Wildman–Crippen MR) is 123 cm³/mol. The zero-order valence-corrected chi connectivity index (χ0v) is 18.8. The first-order valence-electron chi connectivity index (χ1n) is 11.7. The number of para-hydroxylation sites is 1. The van der Waals surface area contributed by atoms with Gasteiger partial charge in [-0.05, 0) is 56.9 Å². The number of amides is 1. The van der Waals surface area contributed by atoms with Crippen molar-refractivity contribution in [1.82, 2.24) is 15.1 Å². The summed E-state index contributed by atoms with van der Waals surface area (Å²) < 4.78 is 5.44. The SMILES string of the molecule is CCN(C(=O)C1CCN(c2ccc(-c3ccccc3OC)nn2)CC1)C1CCCCC1. The number of rotatable bonds is 6. The van der Waals surface area contributed by atoms with Gasteiger partial charge >= 0.3 is 0 Å².